The van der Waals surface area contributed by atoms with Crippen molar-refractivity contribution in [2.45, 2.75) is 6.54 Å². The lowest BCUT2D eigenvalue weighted by molar-refractivity contribution is 0.0951. The van der Waals surface area contributed by atoms with E-state index in [0.717, 1.165) is 39.7 Å². The van der Waals surface area contributed by atoms with E-state index in [9.17, 15) is 4.79 Å². The zero-order chi connectivity index (χ0) is 22.5. The highest BCUT2D eigenvalue weighted by Crippen LogP contribution is 2.33. The number of carbonyl (C=O) groups excluding carboxylic acids is 1. The van der Waals surface area contributed by atoms with Gasteiger partial charge in [0.25, 0.3) is 5.91 Å². The summed E-state index contributed by atoms with van der Waals surface area (Å²) in [4.78, 5) is 24.0. The topological polar surface area (TPSA) is 89.1 Å². The van der Waals surface area contributed by atoms with Crippen LogP contribution in [0.3, 0.4) is 0 Å². The minimum absolute atomic E-state index is 0.207. The zero-order valence-electron chi connectivity index (χ0n) is 17.6. The number of pyridine rings is 1. The molecule has 0 aliphatic rings. The largest absolute Gasteiger partial charge is 0.497 e. The summed E-state index contributed by atoms with van der Waals surface area (Å²) in [5.41, 5.74) is 4.04. The van der Waals surface area contributed by atoms with E-state index in [1.807, 2.05) is 42.5 Å². The van der Waals surface area contributed by atoms with Crippen molar-refractivity contribution in [2.24, 2.45) is 0 Å². The van der Waals surface area contributed by atoms with Gasteiger partial charge in [-0.15, -0.1) is 0 Å². The number of carbonyl (C=O) groups is 1. The van der Waals surface area contributed by atoms with Gasteiger partial charge in [-0.1, -0.05) is 35.9 Å². The van der Waals surface area contributed by atoms with E-state index in [2.05, 4.69) is 20.3 Å². The Morgan fingerprint density at radius 3 is 2.56 bits per heavy atom. The number of ether oxygens (including phenoxy) is 2. The van der Waals surface area contributed by atoms with Crippen molar-refractivity contribution in [1.29, 1.82) is 0 Å². The molecule has 8 heteroatoms. The quantitative estimate of drug-likeness (QED) is 0.398. The van der Waals surface area contributed by atoms with E-state index in [1.165, 1.54) is 12.3 Å². The summed E-state index contributed by atoms with van der Waals surface area (Å²) in [5, 5.41) is 3.16. The number of benzene rings is 2. The minimum Gasteiger partial charge on any atom is -0.497 e. The summed E-state index contributed by atoms with van der Waals surface area (Å²) in [5.74, 6) is 1.98. The first-order valence-corrected chi connectivity index (χ1v) is 10.2. The number of aromatic nitrogens is 3. The number of imidazole rings is 1. The van der Waals surface area contributed by atoms with Crippen LogP contribution in [0.5, 0.6) is 11.5 Å². The molecule has 32 heavy (non-hydrogen) atoms. The van der Waals surface area contributed by atoms with Crippen LogP contribution in [-0.2, 0) is 6.54 Å². The fourth-order valence-corrected chi connectivity index (χ4v) is 3.41. The SMILES string of the molecule is COc1ccc(OC)c(-c2cnc(-c3ccc(CNC(=O)c4ccnc(Cl)c4)cc3)[nH]2)c1. The molecule has 0 atom stereocenters. The number of hydrogen-bond donors (Lipinski definition) is 2. The second kappa shape index (κ2) is 9.53. The molecule has 0 bridgehead atoms. The van der Waals surface area contributed by atoms with Crippen LogP contribution in [0.15, 0.2) is 67.0 Å². The maximum Gasteiger partial charge on any atom is 0.251 e. The van der Waals surface area contributed by atoms with E-state index in [4.69, 9.17) is 21.1 Å². The molecule has 0 saturated heterocycles. The monoisotopic (exact) mass is 448 g/mol. The molecule has 2 aromatic heterocycles. The molecule has 2 aromatic carbocycles. The van der Waals surface area contributed by atoms with Crippen LogP contribution in [0.2, 0.25) is 5.15 Å². The van der Waals surface area contributed by atoms with Crippen molar-refractivity contribution < 1.29 is 14.3 Å². The van der Waals surface area contributed by atoms with Gasteiger partial charge in [-0.05, 0) is 35.9 Å². The average molecular weight is 449 g/mol. The highest BCUT2D eigenvalue weighted by molar-refractivity contribution is 6.29. The van der Waals surface area contributed by atoms with Crippen LogP contribution >= 0.6 is 11.6 Å². The number of halogens is 1. The fourth-order valence-electron chi connectivity index (χ4n) is 3.24. The third-order valence-electron chi connectivity index (χ3n) is 4.94. The highest BCUT2D eigenvalue weighted by atomic mass is 35.5. The van der Waals surface area contributed by atoms with Crippen LogP contribution < -0.4 is 14.8 Å². The molecular weight excluding hydrogens is 428 g/mol. The minimum atomic E-state index is -0.207. The van der Waals surface area contributed by atoms with E-state index < -0.39 is 0 Å². The first-order valence-electron chi connectivity index (χ1n) is 9.84. The molecule has 4 aromatic rings. The van der Waals surface area contributed by atoms with Gasteiger partial charge in [0, 0.05) is 29.4 Å². The first-order chi connectivity index (χ1) is 15.6. The number of nitrogens with zero attached hydrogens (tertiary/aromatic N) is 2. The predicted molar refractivity (Wildman–Crippen MR) is 123 cm³/mol. The van der Waals surface area contributed by atoms with E-state index in [-0.39, 0.29) is 11.1 Å². The molecule has 2 N–H and O–H groups in total. The number of H-pyrrole nitrogens is 1. The van der Waals surface area contributed by atoms with E-state index in [1.54, 1.807) is 26.5 Å². The number of aromatic amines is 1. The summed E-state index contributed by atoms with van der Waals surface area (Å²) in [6.07, 6.45) is 3.27. The van der Waals surface area contributed by atoms with Gasteiger partial charge in [0.05, 0.1) is 26.1 Å². The fraction of sp³-hybridized carbons (Fsp3) is 0.125. The maximum atomic E-state index is 12.3. The second-order valence-corrected chi connectivity index (χ2v) is 7.35. The number of amides is 1. The Morgan fingerprint density at radius 1 is 1.03 bits per heavy atom. The molecule has 2 heterocycles. The van der Waals surface area contributed by atoms with Crippen molar-refractivity contribution in [1.82, 2.24) is 20.3 Å². The smallest absolute Gasteiger partial charge is 0.251 e. The molecule has 0 aliphatic heterocycles. The van der Waals surface area contributed by atoms with Gasteiger partial charge in [-0.25, -0.2) is 9.97 Å². The molecular formula is C24H21ClN4O3. The normalized spacial score (nSPS) is 10.6. The zero-order valence-corrected chi connectivity index (χ0v) is 18.3. The molecule has 4 rings (SSSR count). The van der Waals surface area contributed by atoms with Gasteiger partial charge in [0.2, 0.25) is 0 Å². The highest BCUT2D eigenvalue weighted by Gasteiger charge is 2.12. The average Bonchev–Trinajstić information content (AvgIpc) is 3.32. The van der Waals surface area contributed by atoms with Gasteiger partial charge in [-0.3, -0.25) is 4.79 Å². The summed E-state index contributed by atoms with van der Waals surface area (Å²) in [6, 6.07) is 16.6. The summed E-state index contributed by atoms with van der Waals surface area (Å²) >= 11 is 5.84. The Kier molecular flexibility index (Phi) is 6.37. The van der Waals surface area contributed by atoms with Gasteiger partial charge in [0.1, 0.15) is 22.5 Å². The van der Waals surface area contributed by atoms with E-state index >= 15 is 0 Å². The molecule has 0 saturated carbocycles. The number of rotatable bonds is 7. The maximum absolute atomic E-state index is 12.3. The van der Waals surface area contributed by atoms with Crippen LogP contribution in [0.1, 0.15) is 15.9 Å². The Bertz CT molecular complexity index is 1240. The first kappa shape index (κ1) is 21.4. The van der Waals surface area contributed by atoms with Crippen LogP contribution in [0, 0.1) is 0 Å². The molecule has 162 valence electrons. The third kappa shape index (κ3) is 4.73. The number of methoxy groups -OCH3 is 2. The van der Waals surface area contributed by atoms with Crippen molar-refractivity contribution in [3.8, 4) is 34.1 Å². The van der Waals surface area contributed by atoms with Crippen LogP contribution in [0.25, 0.3) is 22.6 Å². The third-order valence-corrected chi connectivity index (χ3v) is 5.15. The lowest BCUT2D eigenvalue weighted by Gasteiger charge is -2.09. The lowest BCUT2D eigenvalue weighted by Crippen LogP contribution is -2.22. The van der Waals surface area contributed by atoms with Crippen molar-refractivity contribution in [3.05, 3.63) is 83.3 Å². The molecule has 0 fully saturated rings. The van der Waals surface area contributed by atoms with Crippen molar-refractivity contribution >= 4 is 17.5 Å². The van der Waals surface area contributed by atoms with Crippen LogP contribution in [0.4, 0.5) is 0 Å². The Labute approximate surface area is 190 Å². The van der Waals surface area contributed by atoms with Crippen molar-refractivity contribution in [3.63, 3.8) is 0 Å². The lowest BCUT2D eigenvalue weighted by atomic mass is 10.1. The van der Waals surface area contributed by atoms with Gasteiger partial charge >= 0.3 is 0 Å². The number of hydrogen-bond acceptors (Lipinski definition) is 5. The summed E-state index contributed by atoms with van der Waals surface area (Å²) < 4.78 is 10.8. The molecule has 7 nitrogen and oxygen atoms in total. The Balaban J connectivity index is 1.46. The Morgan fingerprint density at radius 2 is 1.84 bits per heavy atom. The second-order valence-electron chi connectivity index (χ2n) is 6.96. The van der Waals surface area contributed by atoms with Gasteiger partial charge in [0.15, 0.2) is 0 Å². The molecule has 0 unspecified atom stereocenters. The molecule has 0 radical (unpaired) electrons. The molecule has 0 spiro atoms. The summed E-state index contributed by atoms with van der Waals surface area (Å²) in [7, 11) is 3.25. The summed E-state index contributed by atoms with van der Waals surface area (Å²) in [6.45, 7) is 0.392. The predicted octanol–water partition coefficient (Wildman–Crippen LogP) is 4.74. The van der Waals surface area contributed by atoms with E-state index in [0.29, 0.717) is 12.1 Å². The van der Waals surface area contributed by atoms with Gasteiger partial charge < -0.3 is 19.8 Å². The number of nitrogens with one attached hydrogen (secondary N) is 2. The van der Waals surface area contributed by atoms with Crippen LogP contribution in [-0.4, -0.2) is 35.1 Å². The molecule has 0 aliphatic carbocycles. The standard InChI is InChI=1S/C24H21ClN4O3/c1-31-18-7-8-21(32-2)19(12-18)20-14-27-23(29-20)16-5-3-15(4-6-16)13-28-24(30)17-9-10-26-22(25)11-17/h3-12,14H,13H2,1-2H3,(H,27,29)(H,28,30). The van der Waals surface area contributed by atoms with Gasteiger partial charge in [-0.2, -0.15) is 0 Å². The molecule has 1 amide bonds. The van der Waals surface area contributed by atoms with Crippen molar-refractivity contribution in [2.75, 3.05) is 14.2 Å². The Hall–Kier alpha value is -3.84.